The first-order valence-corrected chi connectivity index (χ1v) is 10.3. The fourth-order valence-corrected chi connectivity index (χ4v) is 3.55. The molecule has 0 saturated carbocycles. The van der Waals surface area contributed by atoms with Crippen molar-refractivity contribution in [2.24, 2.45) is 4.99 Å². The van der Waals surface area contributed by atoms with Crippen molar-refractivity contribution < 1.29 is 14.2 Å². The molecule has 2 aromatic carbocycles. The van der Waals surface area contributed by atoms with Crippen LogP contribution in [0.2, 0.25) is 0 Å². The molecule has 1 saturated heterocycles. The minimum absolute atomic E-state index is 0. The first kappa shape index (κ1) is 25.1. The monoisotopic (exact) mass is 540 g/mol. The molecule has 31 heavy (non-hydrogen) atoms. The Morgan fingerprint density at radius 2 is 1.77 bits per heavy atom. The average molecular weight is 540 g/mol. The van der Waals surface area contributed by atoms with Crippen molar-refractivity contribution in [2.75, 3.05) is 65.6 Å². The Morgan fingerprint density at radius 3 is 2.48 bits per heavy atom. The van der Waals surface area contributed by atoms with E-state index in [2.05, 4.69) is 44.4 Å². The highest BCUT2D eigenvalue weighted by molar-refractivity contribution is 14.0. The van der Waals surface area contributed by atoms with Crippen molar-refractivity contribution in [2.45, 2.75) is 6.54 Å². The summed E-state index contributed by atoms with van der Waals surface area (Å²) in [4.78, 5) is 9.14. The third-order valence-corrected chi connectivity index (χ3v) is 5.12. The lowest BCUT2D eigenvalue weighted by Gasteiger charge is -2.38. The van der Waals surface area contributed by atoms with Crippen molar-refractivity contribution >= 4 is 35.6 Å². The molecule has 0 amide bonds. The van der Waals surface area contributed by atoms with Crippen LogP contribution in [0.4, 0.5) is 5.69 Å². The summed E-state index contributed by atoms with van der Waals surface area (Å²) in [5, 5.41) is 3.48. The van der Waals surface area contributed by atoms with Gasteiger partial charge in [0.05, 0.1) is 19.4 Å². The van der Waals surface area contributed by atoms with Crippen LogP contribution < -0.4 is 19.7 Å². The second-order valence-electron chi connectivity index (χ2n) is 7.04. The lowest BCUT2D eigenvalue weighted by atomic mass is 10.2. The molecule has 0 aliphatic carbocycles. The molecule has 0 bridgehead atoms. The molecule has 1 N–H and O–H groups in total. The van der Waals surface area contributed by atoms with E-state index in [1.54, 1.807) is 14.2 Å². The Morgan fingerprint density at radius 1 is 1.00 bits per heavy atom. The predicted octanol–water partition coefficient (Wildman–Crippen LogP) is 3.24. The minimum Gasteiger partial charge on any atom is -0.495 e. The van der Waals surface area contributed by atoms with E-state index >= 15 is 0 Å². The minimum atomic E-state index is 0. The smallest absolute Gasteiger partial charge is 0.194 e. The molecule has 170 valence electrons. The SMILES string of the molecule is CN=C(NCc1cccc(OCCOC)c1)N1CCN(c2ccccc2OC)CC1.I. The van der Waals surface area contributed by atoms with Gasteiger partial charge in [0, 0.05) is 46.9 Å². The summed E-state index contributed by atoms with van der Waals surface area (Å²) < 4.78 is 16.2. The van der Waals surface area contributed by atoms with Gasteiger partial charge in [0.15, 0.2) is 5.96 Å². The number of guanidine groups is 1. The number of nitrogens with zero attached hydrogens (tertiary/aromatic N) is 3. The largest absolute Gasteiger partial charge is 0.495 e. The lowest BCUT2D eigenvalue weighted by molar-refractivity contribution is 0.146. The molecule has 2 aromatic rings. The maximum atomic E-state index is 5.70. The number of aliphatic imine (C=N–C) groups is 1. The average Bonchev–Trinajstić information content (AvgIpc) is 2.80. The Labute approximate surface area is 202 Å². The predicted molar refractivity (Wildman–Crippen MR) is 136 cm³/mol. The lowest BCUT2D eigenvalue weighted by Crippen LogP contribution is -2.52. The maximum Gasteiger partial charge on any atom is 0.194 e. The first-order chi connectivity index (χ1) is 14.7. The molecule has 1 fully saturated rings. The molecular formula is C23H33IN4O3. The van der Waals surface area contributed by atoms with E-state index in [0.29, 0.717) is 19.8 Å². The van der Waals surface area contributed by atoms with Crippen LogP contribution in [0.25, 0.3) is 0 Å². The van der Waals surface area contributed by atoms with Crippen molar-refractivity contribution in [1.82, 2.24) is 10.2 Å². The second-order valence-corrected chi connectivity index (χ2v) is 7.04. The summed E-state index contributed by atoms with van der Waals surface area (Å²) in [5.41, 5.74) is 2.30. The van der Waals surface area contributed by atoms with Gasteiger partial charge in [-0.15, -0.1) is 24.0 Å². The zero-order chi connectivity index (χ0) is 21.2. The number of nitrogens with one attached hydrogen (secondary N) is 1. The highest BCUT2D eigenvalue weighted by Crippen LogP contribution is 2.28. The number of halogens is 1. The Kier molecular flexibility index (Phi) is 10.7. The van der Waals surface area contributed by atoms with E-state index in [1.807, 2.05) is 31.3 Å². The van der Waals surface area contributed by atoms with E-state index < -0.39 is 0 Å². The maximum absolute atomic E-state index is 5.70. The van der Waals surface area contributed by atoms with Gasteiger partial charge in [-0.2, -0.15) is 0 Å². The fraction of sp³-hybridized carbons (Fsp3) is 0.435. The third kappa shape index (κ3) is 7.17. The van der Waals surface area contributed by atoms with E-state index in [0.717, 1.165) is 54.9 Å². The van der Waals surface area contributed by atoms with Crippen LogP contribution in [0.15, 0.2) is 53.5 Å². The van der Waals surface area contributed by atoms with Gasteiger partial charge in [0.2, 0.25) is 0 Å². The molecule has 1 heterocycles. The highest BCUT2D eigenvalue weighted by Gasteiger charge is 2.21. The van der Waals surface area contributed by atoms with E-state index in [1.165, 1.54) is 0 Å². The quantitative estimate of drug-likeness (QED) is 0.240. The molecule has 3 rings (SSSR count). The standard InChI is InChI=1S/C23H32N4O3.HI/c1-24-23(25-18-19-7-6-8-20(17-19)30-16-15-28-2)27-13-11-26(12-14-27)21-9-4-5-10-22(21)29-3;/h4-10,17H,11-16,18H2,1-3H3,(H,24,25);1H. The zero-order valence-electron chi connectivity index (χ0n) is 18.5. The van der Waals surface area contributed by atoms with Gasteiger partial charge in [0.1, 0.15) is 18.1 Å². The number of anilines is 1. The fourth-order valence-electron chi connectivity index (χ4n) is 3.55. The van der Waals surface area contributed by atoms with Crippen LogP contribution >= 0.6 is 24.0 Å². The zero-order valence-corrected chi connectivity index (χ0v) is 20.9. The van der Waals surface area contributed by atoms with E-state index in [-0.39, 0.29) is 24.0 Å². The number of para-hydroxylation sites is 2. The molecule has 0 spiro atoms. The molecule has 0 unspecified atom stereocenters. The molecule has 1 aliphatic heterocycles. The van der Waals surface area contributed by atoms with Crippen molar-refractivity contribution in [3.8, 4) is 11.5 Å². The van der Waals surface area contributed by atoms with Gasteiger partial charge in [-0.05, 0) is 29.8 Å². The van der Waals surface area contributed by atoms with Gasteiger partial charge >= 0.3 is 0 Å². The molecular weight excluding hydrogens is 507 g/mol. The molecule has 0 atom stereocenters. The van der Waals surface area contributed by atoms with Crippen LogP contribution in [0.1, 0.15) is 5.56 Å². The van der Waals surface area contributed by atoms with Crippen LogP contribution in [-0.2, 0) is 11.3 Å². The van der Waals surface area contributed by atoms with Crippen LogP contribution in [0.5, 0.6) is 11.5 Å². The summed E-state index contributed by atoms with van der Waals surface area (Å²) >= 11 is 0. The normalized spacial score (nSPS) is 14.1. The second kappa shape index (κ2) is 13.3. The van der Waals surface area contributed by atoms with Crippen LogP contribution in [0, 0.1) is 0 Å². The summed E-state index contributed by atoms with van der Waals surface area (Å²) in [6.45, 7) is 5.46. The van der Waals surface area contributed by atoms with Crippen LogP contribution in [0.3, 0.4) is 0 Å². The number of hydrogen-bond acceptors (Lipinski definition) is 5. The summed E-state index contributed by atoms with van der Waals surface area (Å²) in [5.74, 6) is 2.69. The number of rotatable bonds is 8. The molecule has 1 aliphatic rings. The topological polar surface area (TPSA) is 58.6 Å². The number of piperazine rings is 1. The molecule has 0 aromatic heterocycles. The van der Waals surface area contributed by atoms with Gasteiger partial charge < -0.3 is 29.3 Å². The number of hydrogen-bond donors (Lipinski definition) is 1. The Bertz CT molecular complexity index is 826. The number of methoxy groups -OCH3 is 2. The summed E-state index contributed by atoms with van der Waals surface area (Å²) in [6, 6.07) is 16.3. The van der Waals surface area contributed by atoms with E-state index in [4.69, 9.17) is 14.2 Å². The molecule has 7 nitrogen and oxygen atoms in total. The Hall–Kier alpha value is -2.20. The van der Waals surface area contributed by atoms with Crippen LogP contribution in [-0.4, -0.2) is 71.5 Å². The first-order valence-electron chi connectivity index (χ1n) is 10.3. The summed E-state index contributed by atoms with van der Waals surface area (Å²) in [6.07, 6.45) is 0. The van der Waals surface area contributed by atoms with Gasteiger partial charge in [0.25, 0.3) is 0 Å². The highest BCUT2D eigenvalue weighted by atomic mass is 127. The van der Waals surface area contributed by atoms with Crippen molar-refractivity contribution in [3.05, 3.63) is 54.1 Å². The van der Waals surface area contributed by atoms with Gasteiger partial charge in [-0.1, -0.05) is 24.3 Å². The van der Waals surface area contributed by atoms with Crippen molar-refractivity contribution in [3.63, 3.8) is 0 Å². The van der Waals surface area contributed by atoms with Crippen molar-refractivity contribution in [1.29, 1.82) is 0 Å². The molecule has 8 heteroatoms. The van der Waals surface area contributed by atoms with Gasteiger partial charge in [-0.3, -0.25) is 4.99 Å². The number of benzene rings is 2. The van der Waals surface area contributed by atoms with Gasteiger partial charge in [-0.25, -0.2) is 0 Å². The Balaban J connectivity index is 0.00000341. The molecule has 0 radical (unpaired) electrons. The number of ether oxygens (including phenoxy) is 3. The third-order valence-electron chi connectivity index (χ3n) is 5.12. The summed E-state index contributed by atoms with van der Waals surface area (Å²) in [7, 11) is 5.23. The van der Waals surface area contributed by atoms with E-state index in [9.17, 15) is 0 Å².